The van der Waals surface area contributed by atoms with Crippen molar-refractivity contribution < 1.29 is 10.0 Å². The van der Waals surface area contributed by atoms with Crippen molar-refractivity contribution >= 4 is 28.7 Å². The zero-order valence-corrected chi connectivity index (χ0v) is 15.4. The molecule has 2 N–H and O–H groups in total. The van der Waals surface area contributed by atoms with Crippen molar-refractivity contribution in [3.63, 3.8) is 0 Å². The topological polar surface area (TPSA) is 100 Å². The molecule has 8 heteroatoms. The number of aliphatic hydroxyl groups excluding tert-OH is 1. The Hall–Kier alpha value is -2.35. The predicted octanol–water partition coefficient (Wildman–Crippen LogP) is 4.87. The van der Waals surface area contributed by atoms with Gasteiger partial charge < -0.3 is 10.4 Å². The summed E-state index contributed by atoms with van der Waals surface area (Å²) in [6.45, 7) is 4.76. The zero-order valence-electron chi connectivity index (χ0n) is 14.6. The van der Waals surface area contributed by atoms with E-state index in [9.17, 15) is 10.1 Å². The van der Waals surface area contributed by atoms with Crippen LogP contribution >= 0.6 is 11.6 Å². The number of nitrogens with one attached hydrogen (secondary N) is 1. The molecule has 0 aliphatic carbocycles. The fourth-order valence-electron chi connectivity index (χ4n) is 2.46. The minimum atomic E-state index is -0.513. The zero-order chi connectivity index (χ0) is 19.2. The van der Waals surface area contributed by atoms with Crippen LogP contribution in [0.2, 0.25) is 5.02 Å². The predicted molar refractivity (Wildman–Crippen MR) is 101 cm³/mol. The average Bonchev–Trinajstić information content (AvgIpc) is 2.65. The molecule has 2 aromatic carbocycles. The molecule has 0 bridgehead atoms. The van der Waals surface area contributed by atoms with Gasteiger partial charge in [-0.1, -0.05) is 30.7 Å². The van der Waals surface area contributed by atoms with E-state index in [0.717, 1.165) is 12.0 Å². The third-order valence-corrected chi connectivity index (χ3v) is 4.56. The number of hydrogen-bond donors (Lipinski definition) is 2. The van der Waals surface area contributed by atoms with Crippen molar-refractivity contribution in [3.8, 4) is 0 Å². The molecule has 0 heterocycles. The van der Waals surface area contributed by atoms with Gasteiger partial charge in [0.2, 0.25) is 0 Å². The molecule has 7 nitrogen and oxygen atoms in total. The van der Waals surface area contributed by atoms with E-state index < -0.39 is 4.92 Å². The van der Waals surface area contributed by atoms with Crippen molar-refractivity contribution in [2.45, 2.75) is 25.8 Å². The van der Waals surface area contributed by atoms with E-state index in [1.54, 1.807) is 0 Å². The van der Waals surface area contributed by atoms with Gasteiger partial charge in [0.15, 0.2) is 0 Å². The van der Waals surface area contributed by atoms with Crippen molar-refractivity contribution in [1.82, 2.24) is 5.32 Å². The minimum absolute atomic E-state index is 0.0812. The maximum Gasteiger partial charge on any atom is 0.271 e. The maximum atomic E-state index is 10.7. The normalized spacial score (nSPS) is 13.7. The van der Waals surface area contributed by atoms with Gasteiger partial charge in [-0.05, 0) is 37.1 Å². The Morgan fingerprint density at radius 2 is 1.92 bits per heavy atom. The van der Waals surface area contributed by atoms with Crippen LogP contribution in [-0.2, 0) is 5.54 Å². The van der Waals surface area contributed by atoms with Gasteiger partial charge in [-0.15, -0.1) is 5.11 Å². The number of azo groups is 1. The van der Waals surface area contributed by atoms with E-state index in [2.05, 4.69) is 29.4 Å². The molecule has 1 unspecified atom stereocenters. The summed E-state index contributed by atoms with van der Waals surface area (Å²) in [5, 5.41) is 31.4. The van der Waals surface area contributed by atoms with Crippen molar-refractivity contribution in [3.05, 3.63) is 63.2 Å². The van der Waals surface area contributed by atoms with Gasteiger partial charge >= 0.3 is 0 Å². The summed E-state index contributed by atoms with van der Waals surface area (Å²) >= 11 is 6.01. The van der Waals surface area contributed by atoms with Crippen LogP contribution in [0.15, 0.2) is 52.7 Å². The lowest BCUT2D eigenvalue weighted by Crippen LogP contribution is -2.40. The summed E-state index contributed by atoms with van der Waals surface area (Å²) in [5.41, 5.74) is 1.77. The summed E-state index contributed by atoms with van der Waals surface area (Å²) < 4.78 is 0. The van der Waals surface area contributed by atoms with E-state index >= 15 is 0 Å². The lowest BCUT2D eigenvalue weighted by atomic mass is 9.89. The molecule has 1 atom stereocenters. The van der Waals surface area contributed by atoms with E-state index in [0.29, 0.717) is 17.9 Å². The lowest BCUT2D eigenvalue weighted by molar-refractivity contribution is -0.384. The molecule has 0 aromatic heterocycles. The lowest BCUT2D eigenvalue weighted by Gasteiger charge is -2.30. The first-order chi connectivity index (χ1) is 12.4. The smallest absolute Gasteiger partial charge is 0.271 e. The Morgan fingerprint density at radius 3 is 2.46 bits per heavy atom. The molecule has 26 heavy (non-hydrogen) atoms. The maximum absolute atomic E-state index is 10.7. The first-order valence-electron chi connectivity index (χ1n) is 8.21. The number of benzene rings is 2. The number of nitrogens with zero attached hydrogens (tertiary/aromatic N) is 3. The summed E-state index contributed by atoms with van der Waals surface area (Å²) in [6.07, 6.45) is 0.867. The fourth-order valence-corrected chi connectivity index (χ4v) is 2.67. The Labute approximate surface area is 156 Å². The summed E-state index contributed by atoms with van der Waals surface area (Å²) in [5.74, 6) is 0. The molecule has 0 saturated heterocycles. The van der Waals surface area contributed by atoms with Crippen LogP contribution in [-0.4, -0.2) is 23.2 Å². The van der Waals surface area contributed by atoms with Gasteiger partial charge in [0.25, 0.3) is 5.69 Å². The van der Waals surface area contributed by atoms with Crippen LogP contribution in [0, 0.1) is 10.1 Å². The highest BCUT2D eigenvalue weighted by Crippen LogP contribution is 2.31. The van der Waals surface area contributed by atoms with Gasteiger partial charge in [-0.3, -0.25) is 10.1 Å². The van der Waals surface area contributed by atoms with Gasteiger partial charge in [0.05, 0.1) is 22.2 Å². The first-order valence-corrected chi connectivity index (χ1v) is 8.59. The molecule has 2 aromatic rings. The van der Waals surface area contributed by atoms with E-state index in [1.165, 1.54) is 18.2 Å². The molecule has 0 spiro atoms. The number of nitro groups is 1. The number of hydrogen-bond acceptors (Lipinski definition) is 6. The van der Waals surface area contributed by atoms with Crippen molar-refractivity contribution in [2.24, 2.45) is 10.2 Å². The molecule has 0 fully saturated rings. The number of nitro benzene ring substituents is 1. The molecule has 0 aliphatic heterocycles. The summed E-state index contributed by atoms with van der Waals surface area (Å²) in [4.78, 5) is 10.2. The Bertz CT molecular complexity index is 796. The molecule has 0 radical (unpaired) electrons. The van der Waals surface area contributed by atoms with Gasteiger partial charge in [0.1, 0.15) is 5.69 Å². The second-order valence-corrected chi connectivity index (χ2v) is 6.38. The first kappa shape index (κ1) is 20.0. The highest BCUT2D eigenvalue weighted by Gasteiger charge is 2.23. The summed E-state index contributed by atoms with van der Waals surface area (Å²) in [7, 11) is 0. The second-order valence-electron chi connectivity index (χ2n) is 5.98. The van der Waals surface area contributed by atoms with Crippen LogP contribution < -0.4 is 5.32 Å². The van der Waals surface area contributed by atoms with E-state index in [-0.39, 0.29) is 22.9 Å². The van der Waals surface area contributed by atoms with Crippen LogP contribution in [0.25, 0.3) is 0 Å². The quantitative estimate of drug-likeness (QED) is 0.390. The number of non-ortho nitro benzene ring substituents is 1. The third kappa shape index (κ3) is 4.85. The number of aliphatic hydroxyl groups is 1. The van der Waals surface area contributed by atoms with E-state index in [4.69, 9.17) is 16.7 Å². The largest absolute Gasteiger partial charge is 0.395 e. The Balaban J connectivity index is 2.16. The highest BCUT2D eigenvalue weighted by molar-refractivity contribution is 6.33. The van der Waals surface area contributed by atoms with Crippen LogP contribution in [0.1, 0.15) is 25.8 Å². The molecule has 0 aliphatic rings. The van der Waals surface area contributed by atoms with Crippen molar-refractivity contribution in [2.75, 3.05) is 13.2 Å². The molecular formula is C18H21ClN4O3. The number of halogens is 1. The monoisotopic (exact) mass is 376 g/mol. The molecule has 0 amide bonds. The standard InChI is InChI=1S/C18H21ClN4O3/c1-3-18(2,20-10-11-24)13-4-6-14(7-5-13)21-22-17-9-8-15(23(25)26)12-16(17)19/h4-9,12,20,24H,3,10-11H2,1-2H3. The van der Waals surface area contributed by atoms with Gasteiger partial charge in [0, 0.05) is 24.2 Å². The summed E-state index contributed by atoms with van der Waals surface area (Å²) in [6, 6.07) is 11.6. The molecule has 2 rings (SSSR count). The fraction of sp³-hybridized carbons (Fsp3) is 0.333. The minimum Gasteiger partial charge on any atom is -0.395 e. The Morgan fingerprint density at radius 1 is 1.23 bits per heavy atom. The van der Waals surface area contributed by atoms with Crippen LogP contribution in [0.4, 0.5) is 17.1 Å². The van der Waals surface area contributed by atoms with Crippen molar-refractivity contribution in [1.29, 1.82) is 0 Å². The van der Waals surface area contributed by atoms with Gasteiger partial charge in [-0.25, -0.2) is 0 Å². The third-order valence-electron chi connectivity index (χ3n) is 4.25. The highest BCUT2D eigenvalue weighted by atomic mass is 35.5. The Kier molecular flexibility index (Phi) is 6.79. The van der Waals surface area contributed by atoms with Crippen LogP contribution in [0.5, 0.6) is 0 Å². The van der Waals surface area contributed by atoms with Gasteiger partial charge in [-0.2, -0.15) is 5.11 Å². The molecular weight excluding hydrogens is 356 g/mol. The van der Waals surface area contributed by atoms with E-state index in [1.807, 2.05) is 24.3 Å². The SMILES string of the molecule is CCC(C)(NCCO)c1ccc(N=Nc2ccc([N+](=O)[O-])cc2Cl)cc1. The number of rotatable bonds is 8. The van der Waals surface area contributed by atoms with Crippen LogP contribution in [0.3, 0.4) is 0 Å². The second kappa shape index (κ2) is 8.84. The molecule has 138 valence electrons. The molecule has 0 saturated carbocycles. The average molecular weight is 377 g/mol.